The minimum absolute atomic E-state index is 0.449. The SMILES string of the molecule is NC(=O)C1=CCN=C1Nc1ccccc1. The first-order valence-corrected chi connectivity index (χ1v) is 4.64. The Labute approximate surface area is 87.5 Å². The number of amidine groups is 1. The molecule has 1 aliphatic heterocycles. The summed E-state index contributed by atoms with van der Waals surface area (Å²) in [5.41, 5.74) is 6.56. The van der Waals surface area contributed by atoms with E-state index >= 15 is 0 Å². The lowest BCUT2D eigenvalue weighted by Crippen LogP contribution is -2.24. The molecule has 4 nitrogen and oxygen atoms in total. The summed E-state index contributed by atoms with van der Waals surface area (Å²) in [6.45, 7) is 0.507. The highest BCUT2D eigenvalue weighted by Crippen LogP contribution is 2.11. The number of aliphatic imine (C=N–C) groups is 1. The lowest BCUT2D eigenvalue weighted by atomic mass is 10.2. The van der Waals surface area contributed by atoms with E-state index in [1.807, 2.05) is 30.3 Å². The summed E-state index contributed by atoms with van der Waals surface area (Å²) in [5, 5.41) is 3.05. The molecule has 0 aliphatic carbocycles. The van der Waals surface area contributed by atoms with Gasteiger partial charge in [0.1, 0.15) is 5.84 Å². The van der Waals surface area contributed by atoms with Crippen LogP contribution in [0.2, 0.25) is 0 Å². The topological polar surface area (TPSA) is 67.5 Å². The van der Waals surface area contributed by atoms with Gasteiger partial charge in [0.05, 0.1) is 12.1 Å². The first-order chi connectivity index (χ1) is 7.27. The number of carbonyl (C=O) groups is 1. The van der Waals surface area contributed by atoms with E-state index in [1.165, 1.54) is 0 Å². The number of nitrogens with two attached hydrogens (primary N) is 1. The van der Waals surface area contributed by atoms with E-state index in [0.717, 1.165) is 5.69 Å². The number of para-hydroxylation sites is 1. The molecule has 0 saturated carbocycles. The first-order valence-electron chi connectivity index (χ1n) is 4.64. The molecule has 0 bridgehead atoms. The summed E-state index contributed by atoms with van der Waals surface area (Å²) in [7, 11) is 0. The van der Waals surface area contributed by atoms with Gasteiger partial charge in [-0.1, -0.05) is 18.2 Å². The molecule has 0 radical (unpaired) electrons. The maximum atomic E-state index is 11.0. The Morgan fingerprint density at radius 1 is 1.33 bits per heavy atom. The van der Waals surface area contributed by atoms with E-state index in [1.54, 1.807) is 6.08 Å². The van der Waals surface area contributed by atoms with E-state index in [0.29, 0.717) is 18.0 Å². The molecule has 1 aromatic rings. The van der Waals surface area contributed by atoms with Crippen molar-refractivity contribution in [2.75, 3.05) is 11.9 Å². The normalized spacial score (nSPS) is 14.4. The van der Waals surface area contributed by atoms with Gasteiger partial charge < -0.3 is 11.1 Å². The van der Waals surface area contributed by atoms with Gasteiger partial charge in [-0.25, -0.2) is 0 Å². The van der Waals surface area contributed by atoms with Crippen LogP contribution in [0.15, 0.2) is 47.0 Å². The number of nitrogens with one attached hydrogen (secondary N) is 1. The van der Waals surface area contributed by atoms with Crippen molar-refractivity contribution < 1.29 is 4.79 Å². The van der Waals surface area contributed by atoms with Crippen LogP contribution < -0.4 is 11.1 Å². The molecular weight excluding hydrogens is 190 g/mol. The second-order valence-electron chi connectivity index (χ2n) is 3.16. The van der Waals surface area contributed by atoms with Gasteiger partial charge in [0.2, 0.25) is 0 Å². The monoisotopic (exact) mass is 201 g/mol. The van der Waals surface area contributed by atoms with Crippen LogP contribution in [0.4, 0.5) is 5.69 Å². The summed E-state index contributed by atoms with van der Waals surface area (Å²) in [6, 6.07) is 9.54. The summed E-state index contributed by atoms with van der Waals surface area (Å²) >= 11 is 0. The molecule has 0 atom stereocenters. The predicted molar refractivity (Wildman–Crippen MR) is 59.6 cm³/mol. The van der Waals surface area contributed by atoms with Crippen LogP contribution >= 0.6 is 0 Å². The zero-order chi connectivity index (χ0) is 10.7. The van der Waals surface area contributed by atoms with Gasteiger partial charge in [-0.15, -0.1) is 0 Å². The highest BCUT2D eigenvalue weighted by molar-refractivity contribution is 6.25. The second kappa shape index (κ2) is 3.96. The van der Waals surface area contributed by atoms with Crippen LogP contribution in [0.3, 0.4) is 0 Å². The summed E-state index contributed by atoms with van der Waals surface area (Å²) in [5.74, 6) is 0.100. The Hall–Kier alpha value is -2.10. The van der Waals surface area contributed by atoms with Crippen LogP contribution in [0, 0.1) is 0 Å². The molecule has 1 heterocycles. The van der Waals surface area contributed by atoms with E-state index in [-0.39, 0.29) is 0 Å². The number of carbonyl (C=O) groups excluding carboxylic acids is 1. The maximum Gasteiger partial charge on any atom is 0.252 e. The molecule has 1 aromatic carbocycles. The highest BCUT2D eigenvalue weighted by atomic mass is 16.1. The van der Waals surface area contributed by atoms with Crippen molar-refractivity contribution in [3.05, 3.63) is 42.0 Å². The summed E-state index contributed by atoms with van der Waals surface area (Å²) < 4.78 is 0. The zero-order valence-corrected chi connectivity index (χ0v) is 8.10. The van der Waals surface area contributed by atoms with Crippen molar-refractivity contribution in [3.63, 3.8) is 0 Å². The molecular formula is C11H11N3O. The van der Waals surface area contributed by atoms with Gasteiger partial charge in [-0.2, -0.15) is 0 Å². The molecule has 76 valence electrons. The van der Waals surface area contributed by atoms with Crippen LogP contribution in [-0.2, 0) is 4.79 Å². The Bertz CT molecular complexity index is 434. The fourth-order valence-corrected chi connectivity index (χ4v) is 1.39. The Balaban J connectivity index is 2.15. The molecule has 1 aliphatic rings. The van der Waals surface area contributed by atoms with Gasteiger partial charge in [0, 0.05) is 5.69 Å². The van der Waals surface area contributed by atoms with Gasteiger partial charge in [-0.05, 0) is 18.2 Å². The standard InChI is InChI=1S/C11H11N3O/c12-10(15)9-6-7-13-11(9)14-8-4-2-1-3-5-8/h1-6H,7H2,(H2,12,15)(H,13,14). The number of amides is 1. The molecule has 0 saturated heterocycles. The maximum absolute atomic E-state index is 11.0. The lowest BCUT2D eigenvalue weighted by Gasteiger charge is -2.07. The third kappa shape index (κ3) is 2.04. The van der Waals surface area contributed by atoms with Gasteiger partial charge in [0.15, 0.2) is 0 Å². The third-order valence-electron chi connectivity index (χ3n) is 2.10. The minimum Gasteiger partial charge on any atom is -0.365 e. The van der Waals surface area contributed by atoms with Crippen molar-refractivity contribution in [3.8, 4) is 0 Å². The zero-order valence-electron chi connectivity index (χ0n) is 8.10. The van der Waals surface area contributed by atoms with E-state index in [9.17, 15) is 4.79 Å². The van der Waals surface area contributed by atoms with Crippen molar-refractivity contribution in [2.24, 2.45) is 10.7 Å². The van der Waals surface area contributed by atoms with E-state index in [2.05, 4.69) is 10.3 Å². The Morgan fingerprint density at radius 2 is 2.07 bits per heavy atom. The van der Waals surface area contributed by atoms with Crippen molar-refractivity contribution in [1.29, 1.82) is 0 Å². The quantitative estimate of drug-likeness (QED) is 0.747. The second-order valence-corrected chi connectivity index (χ2v) is 3.16. The number of hydrogen-bond donors (Lipinski definition) is 2. The Morgan fingerprint density at radius 3 is 2.73 bits per heavy atom. The smallest absolute Gasteiger partial charge is 0.252 e. The average Bonchev–Trinajstić information content (AvgIpc) is 2.67. The summed E-state index contributed by atoms with van der Waals surface area (Å²) in [6.07, 6.45) is 1.72. The third-order valence-corrected chi connectivity index (χ3v) is 2.10. The van der Waals surface area contributed by atoms with Crippen molar-refractivity contribution in [1.82, 2.24) is 0 Å². The average molecular weight is 201 g/mol. The van der Waals surface area contributed by atoms with Gasteiger partial charge in [-0.3, -0.25) is 9.79 Å². The van der Waals surface area contributed by atoms with Crippen molar-refractivity contribution >= 4 is 17.4 Å². The lowest BCUT2D eigenvalue weighted by molar-refractivity contribution is -0.114. The molecule has 0 unspecified atom stereocenters. The summed E-state index contributed by atoms with van der Waals surface area (Å²) in [4.78, 5) is 15.2. The molecule has 0 aromatic heterocycles. The van der Waals surface area contributed by atoms with Gasteiger partial charge >= 0.3 is 0 Å². The van der Waals surface area contributed by atoms with Crippen LogP contribution in [-0.4, -0.2) is 18.3 Å². The molecule has 0 spiro atoms. The largest absolute Gasteiger partial charge is 0.365 e. The predicted octanol–water partition coefficient (Wildman–Crippen LogP) is 0.922. The highest BCUT2D eigenvalue weighted by Gasteiger charge is 2.16. The minimum atomic E-state index is -0.449. The number of primary amides is 1. The van der Waals surface area contributed by atoms with Crippen molar-refractivity contribution in [2.45, 2.75) is 0 Å². The molecule has 4 heteroatoms. The molecule has 15 heavy (non-hydrogen) atoms. The molecule has 0 fully saturated rings. The number of rotatable bonds is 2. The number of nitrogens with zero attached hydrogens (tertiary/aromatic N) is 1. The van der Waals surface area contributed by atoms with Crippen LogP contribution in [0.5, 0.6) is 0 Å². The number of hydrogen-bond acceptors (Lipinski definition) is 3. The van der Waals surface area contributed by atoms with Gasteiger partial charge in [0.25, 0.3) is 5.91 Å². The first kappa shape index (κ1) is 9.45. The molecule has 3 N–H and O–H groups in total. The fourth-order valence-electron chi connectivity index (χ4n) is 1.39. The van der Waals surface area contributed by atoms with E-state index in [4.69, 9.17) is 5.73 Å². The number of benzene rings is 1. The van der Waals surface area contributed by atoms with E-state index < -0.39 is 5.91 Å². The molecule has 1 amide bonds. The van der Waals surface area contributed by atoms with Crippen LogP contribution in [0.1, 0.15) is 0 Å². The van der Waals surface area contributed by atoms with Crippen LogP contribution in [0.25, 0.3) is 0 Å². The molecule has 2 rings (SSSR count). The number of anilines is 1. The fraction of sp³-hybridized carbons (Fsp3) is 0.0909. The Kier molecular flexibility index (Phi) is 2.49.